The van der Waals surface area contributed by atoms with Crippen LogP contribution in [0.3, 0.4) is 0 Å². The standard InChI is InChI=1S/C22H23N3O4S/c1-2-21(26)24-18-8-5-9-19(15-18)25-22(27)12-13-23-30(28,29)20-11-10-16-6-3-4-7-17(16)14-20/h3-11,14-15,23H,2,12-13H2,1H3,(H,24,26)(H,25,27). The summed E-state index contributed by atoms with van der Waals surface area (Å²) in [6.45, 7) is 1.72. The van der Waals surface area contributed by atoms with Crippen LogP contribution in [0, 0.1) is 0 Å². The first-order chi connectivity index (χ1) is 14.4. The second-order valence-corrected chi connectivity index (χ2v) is 8.45. The van der Waals surface area contributed by atoms with E-state index in [9.17, 15) is 18.0 Å². The maximum absolute atomic E-state index is 12.5. The maximum Gasteiger partial charge on any atom is 0.240 e. The summed E-state index contributed by atoms with van der Waals surface area (Å²) in [5.41, 5.74) is 1.10. The molecule has 0 atom stereocenters. The number of sulfonamides is 1. The van der Waals surface area contributed by atoms with Crippen LogP contribution < -0.4 is 15.4 Å². The van der Waals surface area contributed by atoms with Gasteiger partial charge in [0.2, 0.25) is 21.8 Å². The Kier molecular flexibility index (Phi) is 6.81. The lowest BCUT2D eigenvalue weighted by atomic mass is 10.1. The SMILES string of the molecule is CCC(=O)Nc1cccc(NC(=O)CCNS(=O)(=O)c2ccc3ccccc3c2)c1. The highest BCUT2D eigenvalue weighted by Crippen LogP contribution is 2.19. The zero-order chi connectivity index (χ0) is 21.6. The van der Waals surface area contributed by atoms with Crippen molar-refractivity contribution in [3.05, 3.63) is 66.7 Å². The number of hydrogen-bond acceptors (Lipinski definition) is 4. The third kappa shape index (κ3) is 5.65. The summed E-state index contributed by atoms with van der Waals surface area (Å²) in [4.78, 5) is 23.8. The quantitative estimate of drug-likeness (QED) is 0.514. The molecule has 0 unspecified atom stereocenters. The highest BCUT2D eigenvalue weighted by Gasteiger charge is 2.15. The van der Waals surface area contributed by atoms with E-state index in [4.69, 9.17) is 0 Å². The average Bonchev–Trinajstić information content (AvgIpc) is 2.73. The summed E-state index contributed by atoms with van der Waals surface area (Å²) in [6, 6.07) is 19.2. The molecule has 3 aromatic carbocycles. The van der Waals surface area contributed by atoms with Crippen molar-refractivity contribution < 1.29 is 18.0 Å². The van der Waals surface area contributed by atoms with E-state index in [2.05, 4.69) is 15.4 Å². The normalized spacial score (nSPS) is 11.2. The Morgan fingerprint density at radius 2 is 1.47 bits per heavy atom. The minimum absolute atomic E-state index is 0.0294. The molecule has 30 heavy (non-hydrogen) atoms. The van der Waals surface area contributed by atoms with Gasteiger partial charge in [-0.15, -0.1) is 0 Å². The van der Waals surface area contributed by atoms with Crippen molar-refractivity contribution in [2.24, 2.45) is 0 Å². The summed E-state index contributed by atoms with van der Waals surface area (Å²) in [6.07, 6.45) is 0.326. The molecule has 7 nitrogen and oxygen atoms in total. The fourth-order valence-electron chi connectivity index (χ4n) is 2.86. The fourth-order valence-corrected chi connectivity index (χ4v) is 3.93. The molecule has 0 heterocycles. The van der Waals surface area contributed by atoms with Gasteiger partial charge in [0.25, 0.3) is 0 Å². The Labute approximate surface area is 175 Å². The molecule has 0 radical (unpaired) electrons. The van der Waals surface area contributed by atoms with E-state index in [1.165, 1.54) is 0 Å². The van der Waals surface area contributed by atoms with Crippen LogP contribution in [0.25, 0.3) is 10.8 Å². The fraction of sp³-hybridized carbons (Fsp3) is 0.182. The largest absolute Gasteiger partial charge is 0.326 e. The number of fused-ring (bicyclic) bond motifs is 1. The van der Waals surface area contributed by atoms with Crippen LogP contribution >= 0.6 is 0 Å². The van der Waals surface area contributed by atoms with Crippen molar-refractivity contribution in [3.63, 3.8) is 0 Å². The summed E-state index contributed by atoms with van der Waals surface area (Å²) in [5.74, 6) is -0.461. The molecule has 0 fully saturated rings. The molecule has 3 rings (SSSR count). The van der Waals surface area contributed by atoms with E-state index >= 15 is 0 Å². The molecule has 3 N–H and O–H groups in total. The highest BCUT2D eigenvalue weighted by atomic mass is 32.2. The van der Waals surface area contributed by atoms with E-state index in [1.807, 2.05) is 24.3 Å². The molecule has 0 spiro atoms. The first-order valence-electron chi connectivity index (χ1n) is 9.55. The topological polar surface area (TPSA) is 104 Å². The number of hydrogen-bond donors (Lipinski definition) is 3. The lowest BCUT2D eigenvalue weighted by Crippen LogP contribution is -2.27. The van der Waals surface area contributed by atoms with Gasteiger partial charge in [0.15, 0.2) is 0 Å². The van der Waals surface area contributed by atoms with Gasteiger partial charge in [0.05, 0.1) is 4.90 Å². The highest BCUT2D eigenvalue weighted by molar-refractivity contribution is 7.89. The zero-order valence-electron chi connectivity index (χ0n) is 16.5. The zero-order valence-corrected chi connectivity index (χ0v) is 17.3. The molecule has 3 aromatic rings. The smallest absolute Gasteiger partial charge is 0.240 e. The lowest BCUT2D eigenvalue weighted by Gasteiger charge is -2.10. The lowest BCUT2D eigenvalue weighted by molar-refractivity contribution is -0.116. The van der Waals surface area contributed by atoms with Crippen LogP contribution in [0.2, 0.25) is 0 Å². The van der Waals surface area contributed by atoms with E-state index in [-0.39, 0.29) is 29.7 Å². The molecule has 0 aliphatic rings. The number of carbonyl (C=O) groups is 2. The molecule has 8 heteroatoms. The van der Waals surface area contributed by atoms with E-state index in [0.29, 0.717) is 17.8 Å². The number of carbonyl (C=O) groups excluding carboxylic acids is 2. The second kappa shape index (κ2) is 9.51. The van der Waals surface area contributed by atoms with Crippen molar-refractivity contribution in [2.45, 2.75) is 24.7 Å². The van der Waals surface area contributed by atoms with Gasteiger partial charge in [-0.05, 0) is 41.1 Å². The van der Waals surface area contributed by atoms with Crippen LogP contribution in [0.15, 0.2) is 71.6 Å². The Bertz CT molecular complexity index is 1180. The Balaban J connectivity index is 1.55. The number of anilines is 2. The number of rotatable bonds is 8. The Morgan fingerprint density at radius 1 is 0.800 bits per heavy atom. The van der Waals surface area contributed by atoms with Gasteiger partial charge in [-0.2, -0.15) is 0 Å². The van der Waals surface area contributed by atoms with Crippen molar-refractivity contribution in [1.82, 2.24) is 4.72 Å². The van der Waals surface area contributed by atoms with Crippen LogP contribution in [0.4, 0.5) is 11.4 Å². The average molecular weight is 426 g/mol. The Morgan fingerprint density at radius 3 is 2.17 bits per heavy atom. The van der Waals surface area contributed by atoms with E-state index < -0.39 is 10.0 Å². The van der Waals surface area contributed by atoms with E-state index in [0.717, 1.165) is 10.8 Å². The van der Waals surface area contributed by atoms with Crippen LogP contribution in [0.5, 0.6) is 0 Å². The molecule has 0 saturated carbocycles. The van der Waals surface area contributed by atoms with Crippen molar-refractivity contribution in [3.8, 4) is 0 Å². The van der Waals surface area contributed by atoms with Gasteiger partial charge >= 0.3 is 0 Å². The van der Waals surface area contributed by atoms with Gasteiger partial charge in [-0.1, -0.05) is 43.3 Å². The monoisotopic (exact) mass is 425 g/mol. The molecule has 0 bridgehead atoms. The molecule has 156 valence electrons. The summed E-state index contributed by atoms with van der Waals surface area (Å²) in [5, 5.41) is 7.19. The molecule has 0 saturated heterocycles. The van der Waals surface area contributed by atoms with Crippen LogP contribution in [-0.4, -0.2) is 26.8 Å². The van der Waals surface area contributed by atoms with E-state index in [1.54, 1.807) is 49.4 Å². The van der Waals surface area contributed by atoms with Crippen molar-refractivity contribution in [1.29, 1.82) is 0 Å². The van der Waals surface area contributed by atoms with Crippen molar-refractivity contribution >= 4 is 44.0 Å². The third-order valence-electron chi connectivity index (χ3n) is 4.43. The summed E-state index contributed by atoms with van der Waals surface area (Å²) < 4.78 is 27.5. The maximum atomic E-state index is 12.5. The number of nitrogens with one attached hydrogen (secondary N) is 3. The van der Waals surface area contributed by atoms with Gasteiger partial charge in [-0.3, -0.25) is 9.59 Å². The van der Waals surface area contributed by atoms with Crippen molar-refractivity contribution in [2.75, 3.05) is 17.2 Å². The Hall–Kier alpha value is -3.23. The molecule has 0 aliphatic heterocycles. The van der Waals surface area contributed by atoms with Gasteiger partial charge in [-0.25, -0.2) is 13.1 Å². The number of amides is 2. The summed E-state index contributed by atoms with van der Waals surface area (Å²) in [7, 11) is -3.72. The minimum atomic E-state index is -3.72. The summed E-state index contributed by atoms with van der Waals surface area (Å²) >= 11 is 0. The third-order valence-corrected chi connectivity index (χ3v) is 5.89. The first-order valence-corrected chi connectivity index (χ1v) is 11.0. The molecule has 0 aromatic heterocycles. The van der Waals surface area contributed by atoms with Gasteiger partial charge < -0.3 is 10.6 Å². The molecular weight excluding hydrogens is 402 g/mol. The second-order valence-electron chi connectivity index (χ2n) is 6.69. The van der Waals surface area contributed by atoms with Gasteiger partial charge in [0, 0.05) is 30.8 Å². The van der Waals surface area contributed by atoms with Crippen LogP contribution in [-0.2, 0) is 19.6 Å². The molecule has 0 aliphatic carbocycles. The van der Waals surface area contributed by atoms with Gasteiger partial charge in [0.1, 0.15) is 0 Å². The predicted octanol–water partition coefficient (Wildman–Crippen LogP) is 3.50. The minimum Gasteiger partial charge on any atom is -0.326 e. The van der Waals surface area contributed by atoms with Crippen LogP contribution in [0.1, 0.15) is 19.8 Å². The molecular formula is C22H23N3O4S. The molecule has 2 amide bonds. The number of benzene rings is 3. The predicted molar refractivity (Wildman–Crippen MR) is 118 cm³/mol. The first kappa shape index (κ1) is 21.5.